The number of nitrogens with zero attached hydrogens (tertiary/aromatic N) is 2. The van der Waals surface area contributed by atoms with Crippen molar-refractivity contribution in [3.63, 3.8) is 0 Å². The molecule has 0 unspecified atom stereocenters. The van der Waals surface area contributed by atoms with Gasteiger partial charge in [-0.2, -0.15) is 0 Å². The number of benzene rings is 1. The number of hydrogen-bond donors (Lipinski definition) is 2. The van der Waals surface area contributed by atoms with Gasteiger partial charge in [-0.05, 0) is 31.0 Å². The van der Waals surface area contributed by atoms with Crippen molar-refractivity contribution in [3.8, 4) is 0 Å². The summed E-state index contributed by atoms with van der Waals surface area (Å²) in [5.41, 5.74) is 1.33. The van der Waals surface area contributed by atoms with Gasteiger partial charge in [0.05, 0.1) is 5.75 Å². The van der Waals surface area contributed by atoms with E-state index in [-0.39, 0.29) is 17.5 Å². The number of aromatic amines is 1. The summed E-state index contributed by atoms with van der Waals surface area (Å²) in [7, 11) is 0. The Morgan fingerprint density at radius 3 is 2.90 bits per heavy atom. The van der Waals surface area contributed by atoms with Crippen molar-refractivity contribution < 1.29 is 9.18 Å². The lowest BCUT2D eigenvalue weighted by atomic mass is 10.1. The molecule has 0 spiro atoms. The number of nitrogens with one attached hydrogen (secondary N) is 2. The van der Waals surface area contributed by atoms with E-state index in [2.05, 4.69) is 20.5 Å². The number of hydrogen-bond acceptors (Lipinski definition) is 4. The summed E-state index contributed by atoms with van der Waals surface area (Å²) in [6, 6.07) is 4.92. The van der Waals surface area contributed by atoms with Gasteiger partial charge in [-0.1, -0.05) is 23.9 Å². The van der Waals surface area contributed by atoms with Crippen LogP contribution in [0.3, 0.4) is 0 Å². The van der Waals surface area contributed by atoms with Crippen molar-refractivity contribution in [1.29, 1.82) is 0 Å². The molecule has 0 atom stereocenters. The summed E-state index contributed by atoms with van der Waals surface area (Å²) in [6.45, 7) is 3.81. The SMILES string of the molecule is Cc1nc(SCC(=O)NCc2ccc(C)c(F)c2)n[nH]1. The molecular formula is C13H15FN4OS. The number of carbonyl (C=O) groups excluding carboxylic acids is 1. The van der Waals surface area contributed by atoms with Crippen LogP contribution >= 0.6 is 11.8 Å². The van der Waals surface area contributed by atoms with Gasteiger partial charge in [0.1, 0.15) is 11.6 Å². The molecule has 0 fully saturated rings. The quantitative estimate of drug-likeness (QED) is 0.827. The van der Waals surface area contributed by atoms with Crippen LogP contribution in [0, 0.1) is 19.7 Å². The molecular weight excluding hydrogens is 279 g/mol. The van der Waals surface area contributed by atoms with Gasteiger partial charge in [0.25, 0.3) is 0 Å². The Bertz CT molecular complexity index is 614. The Balaban J connectivity index is 1.78. The fourth-order valence-corrected chi connectivity index (χ4v) is 2.19. The Hall–Kier alpha value is -1.89. The molecule has 0 radical (unpaired) electrons. The first kappa shape index (κ1) is 14.5. The molecule has 0 saturated carbocycles. The van der Waals surface area contributed by atoms with E-state index < -0.39 is 0 Å². The minimum absolute atomic E-state index is 0.140. The monoisotopic (exact) mass is 294 g/mol. The molecule has 1 aromatic heterocycles. The van der Waals surface area contributed by atoms with Crippen molar-refractivity contribution in [2.75, 3.05) is 5.75 Å². The molecule has 2 N–H and O–H groups in total. The van der Waals surface area contributed by atoms with Crippen LogP contribution in [0.25, 0.3) is 0 Å². The summed E-state index contributed by atoms with van der Waals surface area (Å²) < 4.78 is 13.3. The summed E-state index contributed by atoms with van der Waals surface area (Å²) in [5.74, 6) is 0.537. The van der Waals surface area contributed by atoms with Gasteiger partial charge < -0.3 is 5.32 Å². The molecule has 1 heterocycles. The fourth-order valence-electron chi connectivity index (χ4n) is 1.51. The first-order valence-corrected chi connectivity index (χ1v) is 7.06. The van der Waals surface area contributed by atoms with Crippen LogP contribution in [0.2, 0.25) is 0 Å². The van der Waals surface area contributed by atoms with Gasteiger partial charge in [-0.3, -0.25) is 9.89 Å². The zero-order valence-electron chi connectivity index (χ0n) is 11.2. The minimum atomic E-state index is -0.262. The maximum Gasteiger partial charge on any atom is 0.230 e. The van der Waals surface area contributed by atoms with Gasteiger partial charge in [-0.25, -0.2) is 9.37 Å². The van der Waals surface area contributed by atoms with E-state index >= 15 is 0 Å². The Morgan fingerprint density at radius 1 is 1.45 bits per heavy atom. The number of aryl methyl sites for hydroxylation is 2. The van der Waals surface area contributed by atoms with Gasteiger partial charge in [0.15, 0.2) is 0 Å². The number of thioether (sulfide) groups is 1. The van der Waals surface area contributed by atoms with Crippen LogP contribution in [0.5, 0.6) is 0 Å². The third-order valence-electron chi connectivity index (χ3n) is 2.63. The van der Waals surface area contributed by atoms with E-state index in [4.69, 9.17) is 0 Å². The molecule has 0 aliphatic heterocycles. The molecule has 20 heavy (non-hydrogen) atoms. The van der Waals surface area contributed by atoms with E-state index in [0.717, 1.165) is 5.56 Å². The maximum absolute atomic E-state index is 13.3. The zero-order valence-corrected chi connectivity index (χ0v) is 12.1. The first-order chi connectivity index (χ1) is 9.54. The highest BCUT2D eigenvalue weighted by Crippen LogP contribution is 2.12. The van der Waals surface area contributed by atoms with Gasteiger partial charge in [0.2, 0.25) is 11.1 Å². The third-order valence-corrected chi connectivity index (χ3v) is 3.48. The Kier molecular flexibility index (Phi) is 4.73. The van der Waals surface area contributed by atoms with Crippen molar-refractivity contribution in [3.05, 3.63) is 41.0 Å². The van der Waals surface area contributed by atoms with Crippen LogP contribution < -0.4 is 5.32 Å². The lowest BCUT2D eigenvalue weighted by Crippen LogP contribution is -2.24. The third kappa shape index (κ3) is 4.06. The van der Waals surface area contributed by atoms with Gasteiger partial charge in [0, 0.05) is 6.54 Å². The number of halogens is 1. The first-order valence-electron chi connectivity index (χ1n) is 6.08. The second-order valence-corrected chi connectivity index (χ2v) is 5.29. The number of H-pyrrole nitrogens is 1. The smallest absolute Gasteiger partial charge is 0.230 e. The molecule has 106 valence electrons. The second-order valence-electron chi connectivity index (χ2n) is 4.35. The average molecular weight is 294 g/mol. The molecule has 0 aliphatic rings. The summed E-state index contributed by atoms with van der Waals surface area (Å²) >= 11 is 1.25. The predicted molar refractivity (Wildman–Crippen MR) is 74.8 cm³/mol. The summed E-state index contributed by atoms with van der Waals surface area (Å²) in [5, 5.41) is 9.90. The standard InChI is InChI=1S/C13H15FN4OS/c1-8-3-4-10(5-11(8)14)6-15-12(19)7-20-13-16-9(2)17-18-13/h3-5H,6-7H2,1-2H3,(H,15,19)(H,16,17,18). The lowest BCUT2D eigenvalue weighted by Gasteiger charge is -2.05. The van der Waals surface area contributed by atoms with Gasteiger partial charge in [-0.15, -0.1) is 5.10 Å². The molecule has 0 bridgehead atoms. The maximum atomic E-state index is 13.3. The number of rotatable bonds is 5. The lowest BCUT2D eigenvalue weighted by molar-refractivity contribution is -0.118. The van der Waals surface area contributed by atoms with Crippen LogP contribution in [-0.2, 0) is 11.3 Å². The largest absolute Gasteiger partial charge is 0.351 e. The second kappa shape index (κ2) is 6.51. The Labute approximate surface area is 120 Å². The van der Waals surface area contributed by atoms with E-state index in [1.807, 2.05) is 0 Å². The molecule has 5 nitrogen and oxygen atoms in total. The molecule has 0 saturated heterocycles. The fraction of sp³-hybridized carbons (Fsp3) is 0.308. The highest BCUT2D eigenvalue weighted by Gasteiger charge is 2.06. The van der Waals surface area contributed by atoms with Crippen LogP contribution in [-0.4, -0.2) is 26.8 Å². The zero-order chi connectivity index (χ0) is 14.5. The highest BCUT2D eigenvalue weighted by atomic mass is 32.2. The number of carbonyl (C=O) groups is 1. The summed E-state index contributed by atoms with van der Waals surface area (Å²) in [6.07, 6.45) is 0. The molecule has 2 rings (SSSR count). The molecule has 2 aromatic rings. The molecule has 7 heteroatoms. The molecule has 0 aliphatic carbocycles. The van der Waals surface area contributed by atoms with Crippen molar-refractivity contribution in [2.45, 2.75) is 25.5 Å². The van der Waals surface area contributed by atoms with Gasteiger partial charge >= 0.3 is 0 Å². The summed E-state index contributed by atoms with van der Waals surface area (Å²) in [4.78, 5) is 15.7. The number of amides is 1. The van der Waals surface area contributed by atoms with E-state index in [1.165, 1.54) is 17.8 Å². The average Bonchev–Trinajstić information content (AvgIpc) is 2.83. The van der Waals surface area contributed by atoms with Crippen molar-refractivity contribution in [1.82, 2.24) is 20.5 Å². The van der Waals surface area contributed by atoms with Crippen LogP contribution in [0.1, 0.15) is 17.0 Å². The van der Waals surface area contributed by atoms with Crippen LogP contribution in [0.15, 0.2) is 23.4 Å². The Morgan fingerprint density at radius 2 is 2.25 bits per heavy atom. The van der Waals surface area contributed by atoms with Crippen molar-refractivity contribution >= 4 is 17.7 Å². The van der Waals surface area contributed by atoms with Crippen LogP contribution in [0.4, 0.5) is 4.39 Å². The number of aromatic nitrogens is 3. The topological polar surface area (TPSA) is 70.7 Å². The molecule has 1 aromatic carbocycles. The predicted octanol–water partition coefficient (Wildman–Crippen LogP) is 1.97. The van der Waals surface area contributed by atoms with Crippen molar-refractivity contribution in [2.24, 2.45) is 0 Å². The van der Waals surface area contributed by atoms with E-state index in [1.54, 1.807) is 26.0 Å². The highest BCUT2D eigenvalue weighted by molar-refractivity contribution is 7.99. The normalized spacial score (nSPS) is 10.6. The molecule has 1 amide bonds. The minimum Gasteiger partial charge on any atom is -0.351 e. The van der Waals surface area contributed by atoms with E-state index in [0.29, 0.717) is 23.1 Å². The van der Waals surface area contributed by atoms with E-state index in [9.17, 15) is 9.18 Å².